The summed E-state index contributed by atoms with van der Waals surface area (Å²) in [5, 5.41) is 0.938. The summed E-state index contributed by atoms with van der Waals surface area (Å²) in [5.74, 6) is -0.609. The maximum Gasteiger partial charge on any atom is 0.410 e. The van der Waals surface area contributed by atoms with Gasteiger partial charge in [0.05, 0.1) is 22.6 Å². The SMILES string of the molecule is CCOC(=O)C(Cc1ccc(Cl)c(Cl)c1)[C@H]1CCCN(C(=O)OC(C)(C)C)C1. The van der Waals surface area contributed by atoms with Crippen molar-refractivity contribution in [1.29, 1.82) is 0 Å². The van der Waals surface area contributed by atoms with E-state index in [1.165, 1.54) is 0 Å². The molecule has 1 aliphatic rings. The molecule has 0 aliphatic carbocycles. The lowest BCUT2D eigenvalue weighted by Crippen LogP contribution is -2.46. The number of carbonyl (C=O) groups is 2. The minimum Gasteiger partial charge on any atom is -0.466 e. The van der Waals surface area contributed by atoms with Gasteiger partial charge in [-0.05, 0) is 70.6 Å². The van der Waals surface area contributed by atoms with Crippen LogP contribution in [0.5, 0.6) is 0 Å². The van der Waals surface area contributed by atoms with Crippen molar-refractivity contribution in [3.63, 3.8) is 0 Å². The first-order valence-corrected chi connectivity index (χ1v) is 10.4. The van der Waals surface area contributed by atoms with Gasteiger partial charge in [0, 0.05) is 13.1 Å². The Hall–Kier alpha value is -1.46. The summed E-state index contributed by atoms with van der Waals surface area (Å²) in [6.07, 6.45) is 1.82. The first-order valence-electron chi connectivity index (χ1n) is 9.69. The molecule has 156 valence electrons. The zero-order valence-corrected chi connectivity index (χ0v) is 18.5. The summed E-state index contributed by atoms with van der Waals surface area (Å²) in [5.41, 5.74) is 0.367. The van der Waals surface area contributed by atoms with Crippen molar-refractivity contribution in [3.05, 3.63) is 33.8 Å². The zero-order valence-electron chi connectivity index (χ0n) is 17.0. The molecule has 0 bridgehead atoms. The quantitative estimate of drug-likeness (QED) is 0.590. The lowest BCUT2D eigenvalue weighted by molar-refractivity contribution is -0.150. The van der Waals surface area contributed by atoms with E-state index in [1.54, 1.807) is 24.0 Å². The minimum atomic E-state index is -0.551. The van der Waals surface area contributed by atoms with Crippen LogP contribution in [0.25, 0.3) is 0 Å². The number of benzene rings is 1. The molecule has 0 saturated carbocycles. The van der Waals surface area contributed by atoms with Crippen molar-refractivity contribution < 1.29 is 19.1 Å². The molecule has 7 heteroatoms. The fraction of sp³-hybridized carbons (Fsp3) is 0.619. The van der Waals surface area contributed by atoms with Crippen molar-refractivity contribution >= 4 is 35.3 Å². The van der Waals surface area contributed by atoms with Gasteiger partial charge in [0.25, 0.3) is 0 Å². The maximum absolute atomic E-state index is 12.7. The van der Waals surface area contributed by atoms with Crippen LogP contribution >= 0.6 is 23.2 Å². The molecule has 5 nitrogen and oxygen atoms in total. The number of nitrogens with zero attached hydrogens (tertiary/aromatic N) is 1. The van der Waals surface area contributed by atoms with Gasteiger partial charge in [-0.25, -0.2) is 4.79 Å². The molecular formula is C21H29Cl2NO4. The summed E-state index contributed by atoms with van der Waals surface area (Å²) < 4.78 is 10.8. The van der Waals surface area contributed by atoms with E-state index in [0.29, 0.717) is 36.2 Å². The van der Waals surface area contributed by atoms with Gasteiger partial charge in [-0.2, -0.15) is 0 Å². The minimum absolute atomic E-state index is 0.00484. The van der Waals surface area contributed by atoms with Crippen LogP contribution in [0.1, 0.15) is 46.1 Å². The number of halogens is 2. The van der Waals surface area contributed by atoms with Gasteiger partial charge in [0.2, 0.25) is 0 Å². The number of hydrogen-bond donors (Lipinski definition) is 0. The second-order valence-corrected chi connectivity index (χ2v) is 8.95. The first-order chi connectivity index (χ1) is 13.1. The molecule has 2 atom stereocenters. The van der Waals surface area contributed by atoms with Crippen LogP contribution in [0.3, 0.4) is 0 Å². The van der Waals surface area contributed by atoms with Gasteiger partial charge in [0.1, 0.15) is 5.60 Å². The van der Waals surface area contributed by atoms with Crippen molar-refractivity contribution in [2.75, 3.05) is 19.7 Å². The number of esters is 1. The molecule has 1 fully saturated rings. The molecule has 1 aromatic carbocycles. The van der Waals surface area contributed by atoms with Gasteiger partial charge >= 0.3 is 12.1 Å². The lowest BCUT2D eigenvalue weighted by atomic mass is 9.81. The highest BCUT2D eigenvalue weighted by Gasteiger charge is 2.36. The van der Waals surface area contributed by atoms with Crippen LogP contribution in [0.15, 0.2) is 18.2 Å². The Morgan fingerprint density at radius 2 is 1.96 bits per heavy atom. The molecular weight excluding hydrogens is 401 g/mol. The molecule has 1 aromatic rings. The Morgan fingerprint density at radius 1 is 1.25 bits per heavy atom. The summed E-state index contributed by atoms with van der Waals surface area (Å²) >= 11 is 12.1. The zero-order chi connectivity index (χ0) is 20.9. The maximum atomic E-state index is 12.7. The Morgan fingerprint density at radius 3 is 2.57 bits per heavy atom. The lowest BCUT2D eigenvalue weighted by Gasteiger charge is -2.36. The Kier molecular flexibility index (Phi) is 8.02. The van der Waals surface area contributed by atoms with Crippen LogP contribution in [0.2, 0.25) is 10.0 Å². The Bertz CT molecular complexity index is 702. The third kappa shape index (κ3) is 6.56. The van der Waals surface area contributed by atoms with Crippen molar-refractivity contribution in [3.8, 4) is 0 Å². The van der Waals surface area contributed by atoms with Gasteiger partial charge in [-0.1, -0.05) is 29.3 Å². The van der Waals surface area contributed by atoms with Crippen LogP contribution in [0.4, 0.5) is 4.79 Å². The molecule has 0 N–H and O–H groups in total. The number of piperidine rings is 1. The normalized spacial score (nSPS) is 18.5. The average Bonchev–Trinajstić information content (AvgIpc) is 2.61. The van der Waals surface area contributed by atoms with Crippen molar-refractivity contribution in [1.82, 2.24) is 4.90 Å². The van der Waals surface area contributed by atoms with E-state index in [9.17, 15) is 9.59 Å². The number of rotatable bonds is 5. The number of ether oxygens (including phenoxy) is 2. The fourth-order valence-corrected chi connectivity index (χ4v) is 3.76. The van der Waals surface area contributed by atoms with Crippen LogP contribution in [0, 0.1) is 11.8 Å². The third-order valence-electron chi connectivity index (χ3n) is 4.71. The number of hydrogen-bond acceptors (Lipinski definition) is 4. The molecule has 1 saturated heterocycles. The van der Waals surface area contributed by atoms with Crippen molar-refractivity contribution in [2.45, 2.75) is 52.6 Å². The number of carbonyl (C=O) groups excluding carboxylic acids is 2. The summed E-state index contributed by atoms with van der Waals surface area (Å²) in [7, 11) is 0. The highest BCUT2D eigenvalue weighted by Crippen LogP contribution is 2.31. The standard InChI is InChI=1S/C21H29Cl2NO4/c1-5-27-19(25)16(11-14-8-9-17(22)18(23)12-14)15-7-6-10-24(13-15)20(26)28-21(2,3)4/h8-9,12,15-16H,5-7,10-11,13H2,1-4H3/t15-,16?/m0/s1. The molecule has 1 unspecified atom stereocenters. The monoisotopic (exact) mass is 429 g/mol. The van der Waals surface area contributed by atoms with Crippen molar-refractivity contribution in [2.24, 2.45) is 11.8 Å². The average molecular weight is 430 g/mol. The van der Waals surface area contributed by atoms with Gasteiger partial charge in [-0.3, -0.25) is 4.79 Å². The van der Waals surface area contributed by atoms with Gasteiger partial charge in [0.15, 0.2) is 0 Å². The van der Waals surface area contributed by atoms with Gasteiger partial charge < -0.3 is 14.4 Å². The van der Waals surface area contributed by atoms with Crippen LogP contribution < -0.4 is 0 Å². The Balaban J connectivity index is 2.16. The van der Waals surface area contributed by atoms with E-state index in [1.807, 2.05) is 26.8 Å². The summed E-state index contributed by atoms with van der Waals surface area (Å²) in [4.78, 5) is 26.9. The van der Waals surface area contributed by atoms with E-state index in [2.05, 4.69) is 0 Å². The molecule has 1 aliphatic heterocycles. The predicted octanol–water partition coefficient (Wildman–Crippen LogP) is 5.36. The highest BCUT2D eigenvalue weighted by molar-refractivity contribution is 6.42. The second-order valence-electron chi connectivity index (χ2n) is 8.14. The molecule has 28 heavy (non-hydrogen) atoms. The van der Waals surface area contributed by atoms with E-state index >= 15 is 0 Å². The molecule has 0 aromatic heterocycles. The smallest absolute Gasteiger partial charge is 0.410 e. The fourth-order valence-electron chi connectivity index (χ4n) is 3.44. The number of likely N-dealkylation sites (tertiary alicyclic amines) is 1. The highest BCUT2D eigenvalue weighted by atomic mass is 35.5. The van der Waals surface area contributed by atoms with Crippen LogP contribution in [-0.2, 0) is 20.7 Å². The molecule has 2 rings (SSSR count). The second kappa shape index (κ2) is 9.84. The van der Waals surface area contributed by atoms with E-state index < -0.39 is 5.60 Å². The molecule has 1 heterocycles. The summed E-state index contributed by atoms with van der Waals surface area (Å²) in [6.45, 7) is 8.75. The summed E-state index contributed by atoms with van der Waals surface area (Å²) in [6, 6.07) is 5.38. The number of amides is 1. The molecule has 1 amide bonds. The first kappa shape index (κ1) is 22.8. The van der Waals surface area contributed by atoms with E-state index in [4.69, 9.17) is 32.7 Å². The predicted molar refractivity (Wildman–Crippen MR) is 111 cm³/mol. The third-order valence-corrected chi connectivity index (χ3v) is 5.45. The topological polar surface area (TPSA) is 55.8 Å². The van der Waals surface area contributed by atoms with Crippen LogP contribution in [-0.4, -0.2) is 42.3 Å². The Labute approximate surface area is 177 Å². The molecule has 0 radical (unpaired) electrons. The largest absolute Gasteiger partial charge is 0.466 e. The van der Waals surface area contributed by atoms with E-state index in [0.717, 1.165) is 18.4 Å². The molecule has 0 spiro atoms. The van der Waals surface area contributed by atoms with E-state index in [-0.39, 0.29) is 23.9 Å². The van der Waals surface area contributed by atoms with Gasteiger partial charge in [-0.15, -0.1) is 0 Å².